The van der Waals surface area contributed by atoms with E-state index in [1.54, 1.807) is 0 Å². The van der Waals surface area contributed by atoms with E-state index in [-0.39, 0.29) is 0 Å². The standard InChI is InChI=1S/C15H24N2/c1-11-4-5-12(2)14(8-11)15(9-16)13-6-7-17(3)10-13/h4-5,8,13,15H,6-7,9-10,16H2,1-3H3. The molecule has 94 valence electrons. The van der Waals surface area contributed by atoms with Gasteiger partial charge in [0.05, 0.1) is 0 Å². The molecule has 1 aliphatic rings. The second kappa shape index (κ2) is 5.19. The molecular weight excluding hydrogens is 208 g/mol. The molecule has 1 aliphatic heterocycles. The summed E-state index contributed by atoms with van der Waals surface area (Å²) in [5, 5.41) is 0. The molecule has 0 aliphatic carbocycles. The highest BCUT2D eigenvalue weighted by Gasteiger charge is 2.28. The number of hydrogen-bond acceptors (Lipinski definition) is 2. The van der Waals surface area contributed by atoms with Crippen molar-refractivity contribution >= 4 is 0 Å². The second-order valence-corrected chi connectivity index (χ2v) is 5.51. The number of aryl methyl sites for hydroxylation is 2. The van der Waals surface area contributed by atoms with E-state index >= 15 is 0 Å². The summed E-state index contributed by atoms with van der Waals surface area (Å²) in [6.07, 6.45) is 1.28. The van der Waals surface area contributed by atoms with Crippen LogP contribution in [0.25, 0.3) is 0 Å². The molecule has 0 bridgehead atoms. The Kier molecular flexibility index (Phi) is 3.85. The summed E-state index contributed by atoms with van der Waals surface area (Å²) >= 11 is 0. The zero-order valence-electron chi connectivity index (χ0n) is 11.2. The summed E-state index contributed by atoms with van der Waals surface area (Å²) in [5.74, 6) is 1.25. The minimum absolute atomic E-state index is 0.528. The van der Waals surface area contributed by atoms with Gasteiger partial charge in [-0.2, -0.15) is 0 Å². The first-order valence-corrected chi connectivity index (χ1v) is 6.57. The van der Waals surface area contributed by atoms with Crippen LogP contribution in [0.4, 0.5) is 0 Å². The van der Waals surface area contributed by atoms with E-state index < -0.39 is 0 Å². The Morgan fingerprint density at radius 2 is 2.18 bits per heavy atom. The SMILES string of the molecule is Cc1ccc(C)c(C(CN)C2CCN(C)C2)c1. The molecule has 1 heterocycles. The van der Waals surface area contributed by atoms with Gasteiger partial charge in [-0.05, 0) is 57.5 Å². The quantitative estimate of drug-likeness (QED) is 0.866. The van der Waals surface area contributed by atoms with Gasteiger partial charge < -0.3 is 10.6 Å². The van der Waals surface area contributed by atoms with E-state index in [1.807, 2.05) is 0 Å². The summed E-state index contributed by atoms with van der Waals surface area (Å²) in [6.45, 7) is 7.54. The lowest BCUT2D eigenvalue weighted by Crippen LogP contribution is -2.25. The summed E-state index contributed by atoms with van der Waals surface area (Å²) in [7, 11) is 2.21. The molecule has 2 unspecified atom stereocenters. The number of rotatable bonds is 3. The van der Waals surface area contributed by atoms with Gasteiger partial charge in [0.1, 0.15) is 0 Å². The third-order valence-electron chi connectivity index (χ3n) is 4.08. The first kappa shape index (κ1) is 12.6. The lowest BCUT2D eigenvalue weighted by Gasteiger charge is -2.24. The fourth-order valence-corrected chi connectivity index (χ4v) is 3.03. The van der Waals surface area contributed by atoms with Crippen molar-refractivity contribution in [3.63, 3.8) is 0 Å². The molecule has 2 N–H and O–H groups in total. The average Bonchev–Trinajstić information content (AvgIpc) is 2.71. The molecule has 0 saturated carbocycles. The van der Waals surface area contributed by atoms with Crippen molar-refractivity contribution in [2.24, 2.45) is 11.7 Å². The van der Waals surface area contributed by atoms with Gasteiger partial charge in [0.15, 0.2) is 0 Å². The Bertz CT molecular complexity index is 387. The maximum Gasteiger partial charge on any atom is 0.00134 e. The van der Waals surface area contributed by atoms with Gasteiger partial charge in [-0.25, -0.2) is 0 Å². The van der Waals surface area contributed by atoms with Crippen molar-refractivity contribution in [2.45, 2.75) is 26.2 Å². The lowest BCUT2D eigenvalue weighted by atomic mass is 9.83. The highest BCUT2D eigenvalue weighted by atomic mass is 15.1. The van der Waals surface area contributed by atoms with Gasteiger partial charge in [-0.3, -0.25) is 0 Å². The fraction of sp³-hybridized carbons (Fsp3) is 0.600. The topological polar surface area (TPSA) is 29.3 Å². The van der Waals surface area contributed by atoms with Gasteiger partial charge in [-0.15, -0.1) is 0 Å². The van der Waals surface area contributed by atoms with Crippen LogP contribution in [-0.2, 0) is 0 Å². The first-order chi connectivity index (χ1) is 8.11. The van der Waals surface area contributed by atoms with Crippen LogP contribution in [0.3, 0.4) is 0 Å². The van der Waals surface area contributed by atoms with Crippen molar-refractivity contribution in [3.8, 4) is 0 Å². The van der Waals surface area contributed by atoms with Crippen LogP contribution in [0.15, 0.2) is 18.2 Å². The Morgan fingerprint density at radius 1 is 1.41 bits per heavy atom. The van der Waals surface area contributed by atoms with E-state index in [0.717, 1.165) is 12.5 Å². The predicted molar refractivity (Wildman–Crippen MR) is 73.3 cm³/mol. The predicted octanol–water partition coefficient (Wildman–Crippen LogP) is 2.30. The molecule has 17 heavy (non-hydrogen) atoms. The van der Waals surface area contributed by atoms with Gasteiger partial charge in [0.2, 0.25) is 0 Å². The zero-order chi connectivity index (χ0) is 12.4. The third kappa shape index (κ3) is 2.70. The largest absolute Gasteiger partial charge is 0.330 e. The van der Waals surface area contributed by atoms with E-state index in [2.05, 4.69) is 44.0 Å². The molecule has 2 atom stereocenters. The molecule has 1 aromatic carbocycles. The molecule has 2 rings (SSSR count). The number of likely N-dealkylation sites (tertiary alicyclic amines) is 1. The van der Waals surface area contributed by atoms with Crippen LogP contribution >= 0.6 is 0 Å². The Hall–Kier alpha value is -0.860. The Labute approximate surface area is 105 Å². The molecule has 2 heteroatoms. The molecule has 0 aromatic heterocycles. The van der Waals surface area contributed by atoms with Gasteiger partial charge in [0.25, 0.3) is 0 Å². The van der Waals surface area contributed by atoms with E-state index in [4.69, 9.17) is 5.73 Å². The summed E-state index contributed by atoms with van der Waals surface area (Å²) in [4.78, 5) is 2.42. The Morgan fingerprint density at radius 3 is 2.76 bits per heavy atom. The molecule has 0 amide bonds. The highest BCUT2D eigenvalue weighted by molar-refractivity contribution is 5.34. The maximum absolute atomic E-state index is 6.03. The molecule has 1 fully saturated rings. The molecular formula is C15H24N2. The monoisotopic (exact) mass is 232 g/mol. The zero-order valence-corrected chi connectivity index (χ0v) is 11.2. The molecule has 1 saturated heterocycles. The van der Waals surface area contributed by atoms with Crippen molar-refractivity contribution < 1.29 is 0 Å². The fourth-order valence-electron chi connectivity index (χ4n) is 3.03. The molecule has 2 nitrogen and oxygen atoms in total. The highest BCUT2D eigenvalue weighted by Crippen LogP contribution is 2.32. The van der Waals surface area contributed by atoms with Crippen LogP contribution in [0.2, 0.25) is 0 Å². The molecule has 0 spiro atoms. The van der Waals surface area contributed by atoms with Crippen LogP contribution in [0, 0.1) is 19.8 Å². The van der Waals surface area contributed by atoms with Crippen LogP contribution < -0.4 is 5.73 Å². The summed E-state index contributed by atoms with van der Waals surface area (Å²) in [6, 6.07) is 6.74. The van der Waals surface area contributed by atoms with Crippen LogP contribution in [-0.4, -0.2) is 31.6 Å². The number of nitrogens with zero attached hydrogens (tertiary/aromatic N) is 1. The third-order valence-corrected chi connectivity index (χ3v) is 4.08. The van der Waals surface area contributed by atoms with Crippen molar-refractivity contribution in [1.82, 2.24) is 4.90 Å². The summed E-state index contributed by atoms with van der Waals surface area (Å²) in [5.41, 5.74) is 10.2. The van der Waals surface area contributed by atoms with Crippen LogP contribution in [0.5, 0.6) is 0 Å². The van der Waals surface area contributed by atoms with E-state index in [1.165, 1.54) is 36.2 Å². The number of hydrogen-bond donors (Lipinski definition) is 1. The number of nitrogens with two attached hydrogens (primary N) is 1. The van der Waals surface area contributed by atoms with Crippen molar-refractivity contribution in [3.05, 3.63) is 34.9 Å². The van der Waals surface area contributed by atoms with Crippen LogP contribution in [0.1, 0.15) is 29.0 Å². The minimum atomic E-state index is 0.528. The lowest BCUT2D eigenvalue weighted by molar-refractivity contribution is 0.371. The van der Waals surface area contributed by atoms with Crippen molar-refractivity contribution in [1.29, 1.82) is 0 Å². The number of benzene rings is 1. The average molecular weight is 232 g/mol. The van der Waals surface area contributed by atoms with Gasteiger partial charge >= 0.3 is 0 Å². The second-order valence-electron chi connectivity index (χ2n) is 5.51. The molecule has 1 aromatic rings. The van der Waals surface area contributed by atoms with E-state index in [0.29, 0.717) is 5.92 Å². The van der Waals surface area contributed by atoms with Gasteiger partial charge in [-0.1, -0.05) is 23.8 Å². The van der Waals surface area contributed by atoms with Gasteiger partial charge in [0, 0.05) is 12.5 Å². The summed E-state index contributed by atoms with van der Waals surface area (Å²) < 4.78 is 0. The molecule has 0 radical (unpaired) electrons. The normalized spacial score (nSPS) is 22.9. The first-order valence-electron chi connectivity index (χ1n) is 6.57. The van der Waals surface area contributed by atoms with Crippen molar-refractivity contribution in [2.75, 3.05) is 26.7 Å². The van der Waals surface area contributed by atoms with E-state index in [9.17, 15) is 0 Å². The minimum Gasteiger partial charge on any atom is -0.330 e. The Balaban J connectivity index is 2.25. The maximum atomic E-state index is 6.03. The smallest absolute Gasteiger partial charge is 0.00134 e.